The van der Waals surface area contributed by atoms with Crippen molar-refractivity contribution in [3.8, 4) is 5.82 Å². The van der Waals surface area contributed by atoms with Gasteiger partial charge in [0.1, 0.15) is 11.6 Å². The maximum atomic E-state index is 13.1. The van der Waals surface area contributed by atoms with Crippen molar-refractivity contribution in [3.05, 3.63) is 83.4 Å². The fourth-order valence-corrected chi connectivity index (χ4v) is 4.32. The van der Waals surface area contributed by atoms with Crippen LogP contribution in [0, 0.1) is 6.92 Å². The Morgan fingerprint density at radius 1 is 1.00 bits per heavy atom. The second-order valence-electron chi connectivity index (χ2n) is 7.06. The minimum atomic E-state index is -4.79. The lowest BCUT2D eigenvalue weighted by molar-refractivity contribution is -0.137. The van der Waals surface area contributed by atoms with E-state index in [1.54, 1.807) is 48.3 Å². The minimum absolute atomic E-state index is 0.158. The topological polar surface area (TPSA) is 102 Å². The number of benzene rings is 2. The number of rotatable bonds is 6. The molecule has 0 bridgehead atoms. The number of halogens is 4. The molecule has 0 saturated carbocycles. The Balaban J connectivity index is 1.52. The van der Waals surface area contributed by atoms with Gasteiger partial charge in [-0.05, 0) is 55.5 Å². The zero-order valence-electron chi connectivity index (χ0n) is 17.4. The molecule has 0 fully saturated rings. The first-order valence-electron chi connectivity index (χ1n) is 9.64. The molecule has 0 radical (unpaired) electrons. The van der Waals surface area contributed by atoms with E-state index in [0.29, 0.717) is 29.2 Å². The largest absolute Gasteiger partial charge is 0.417 e. The summed E-state index contributed by atoms with van der Waals surface area (Å²) >= 11 is 5.57. The summed E-state index contributed by atoms with van der Waals surface area (Å²) in [5.74, 6) is 1.57. The first-order valence-corrected chi connectivity index (χ1v) is 11.5. The lowest BCUT2D eigenvalue weighted by atomic mass is 10.2. The van der Waals surface area contributed by atoms with Crippen LogP contribution in [0.3, 0.4) is 0 Å². The van der Waals surface area contributed by atoms with Crippen LogP contribution in [0.5, 0.6) is 0 Å². The van der Waals surface area contributed by atoms with Gasteiger partial charge in [-0.1, -0.05) is 11.6 Å². The van der Waals surface area contributed by atoms with E-state index in [0.717, 1.165) is 12.1 Å². The molecule has 4 rings (SSSR count). The predicted octanol–water partition coefficient (Wildman–Crippen LogP) is 5.19. The fourth-order valence-electron chi connectivity index (χ4n) is 3.01. The first-order chi connectivity index (χ1) is 16.0. The van der Waals surface area contributed by atoms with E-state index < -0.39 is 31.7 Å². The van der Waals surface area contributed by atoms with E-state index in [-0.39, 0.29) is 5.69 Å². The van der Waals surface area contributed by atoms with Crippen LogP contribution in [-0.2, 0) is 16.2 Å². The molecule has 0 saturated heterocycles. The Kier molecular flexibility index (Phi) is 6.19. The summed E-state index contributed by atoms with van der Waals surface area (Å²) in [5.41, 5.74) is -0.477. The summed E-state index contributed by atoms with van der Waals surface area (Å²) in [4.78, 5) is 8.08. The monoisotopic (exact) mass is 508 g/mol. The van der Waals surface area contributed by atoms with Gasteiger partial charge in [-0.25, -0.2) is 23.1 Å². The lowest BCUT2D eigenvalue weighted by Gasteiger charge is -2.13. The molecule has 0 atom stereocenters. The van der Waals surface area contributed by atoms with Crippen molar-refractivity contribution >= 4 is 38.8 Å². The highest BCUT2D eigenvalue weighted by molar-refractivity contribution is 7.92. The molecule has 0 spiro atoms. The lowest BCUT2D eigenvalue weighted by Crippen LogP contribution is -2.15. The molecule has 0 unspecified atom stereocenters. The van der Waals surface area contributed by atoms with Gasteiger partial charge >= 0.3 is 6.18 Å². The summed E-state index contributed by atoms with van der Waals surface area (Å²) in [7, 11) is -4.28. The van der Waals surface area contributed by atoms with Crippen molar-refractivity contribution in [3.63, 3.8) is 0 Å². The van der Waals surface area contributed by atoms with Gasteiger partial charge in [0.15, 0.2) is 5.82 Å². The fraction of sp³-hybridized carbons (Fsp3) is 0.0952. The van der Waals surface area contributed by atoms with Crippen molar-refractivity contribution in [1.29, 1.82) is 0 Å². The highest BCUT2D eigenvalue weighted by Gasteiger charge is 2.34. The Morgan fingerprint density at radius 2 is 1.71 bits per heavy atom. The standard InChI is InChI=1S/C21H16ClF3N6O2S/c1-13-27-19(12-20(28-13)31-10-2-9-26-31)29-14-3-5-15(6-4-14)30-34(32,33)16-7-8-18(22)17(11-16)21(23,24)25/h2-12,30H,1H3,(H,27,28,29). The van der Waals surface area contributed by atoms with Crippen LogP contribution < -0.4 is 10.0 Å². The predicted molar refractivity (Wildman–Crippen MR) is 121 cm³/mol. The molecule has 8 nitrogen and oxygen atoms in total. The average Bonchev–Trinajstić information content (AvgIpc) is 3.29. The first kappa shape index (κ1) is 23.5. The Morgan fingerprint density at radius 3 is 2.35 bits per heavy atom. The molecule has 2 aromatic carbocycles. The van der Waals surface area contributed by atoms with Crippen molar-refractivity contribution in [2.24, 2.45) is 0 Å². The summed E-state index contributed by atoms with van der Waals surface area (Å²) in [5, 5.41) is 6.64. The van der Waals surface area contributed by atoms with Gasteiger partial charge in [0.2, 0.25) is 0 Å². The van der Waals surface area contributed by atoms with Crippen LogP contribution in [0.4, 0.5) is 30.4 Å². The van der Waals surface area contributed by atoms with E-state index in [4.69, 9.17) is 11.6 Å². The van der Waals surface area contributed by atoms with Gasteiger partial charge in [0, 0.05) is 29.8 Å². The van der Waals surface area contributed by atoms with Gasteiger partial charge < -0.3 is 5.32 Å². The maximum Gasteiger partial charge on any atom is 0.417 e. The van der Waals surface area contributed by atoms with Crippen LogP contribution >= 0.6 is 11.6 Å². The van der Waals surface area contributed by atoms with Gasteiger partial charge in [0.25, 0.3) is 10.0 Å². The normalized spacial score (nSPS) is 11.9. The van der Waals surface area contributed by atoms with E-state index >= 15 is 0 Å². The number of nitrogens with zero attached hydrogens (tertiary/aromatic N) is 4. The third-order valence-corrected chi connectivity index (χ3v) is 6.24. The molecular formula is C21H16ClF3N6O2S. The van der Waals surface area contributed by atoms with Gasteiger partial charge in [-0.15, -0.1) is 0 Å². The number of anilines is 3. The molecule has 0 aliphatic carbocycles. The third kappa shape index (κ3) is 5.29. The Hall–Kier alpha value is -3.64. The van der Waals surface area contributed by atoms with E-state index in [1.807, 2.05) is 0 Å². The van der Waals surface area contributed by atoms with Gasteiger partial charge in [0.05, 0.1) is 15.5 Å². The number of hydrogen-bond donors (Lipinski definition) is 2. The SMILES string of the molecule is Cc1nc(Nc2ccc(NS(=O)(=O)c3ccc(Cl)c(C(F)(F)F)c3)cc2)cc(-n2cccn2)n1. The van der Waals surface area contributed by atoms with Crippen LogP contribution in [0.1, 0.15) is 11.4 Å². The summed E-state index contributed by atoms with van der Waals surface area (Å²) < 4.78 is 68.3. The third-order valence-electron chi connectivity index (χ3n) is 4.53. The van der Waals surface area contributed by atoms with E-state index in [1.165, 1.54) is 12.1 Å². The zero-order valence-corrected chi connectivity index (χ0v) is 18.9. The molecular weight excluding hydrogens is 493 g/mol. The number of nitrogens with one attached hydrogen (secondary N) is 2. The smallest absolute Gasteiger partial charge is 0.340 e. The number of sulfonamides is 1. The molecule has 2 N–H and O–H groups in total. The number of aryl methyl sites for hydroxylation is 1. The Labute approximate surface area is 197 Å². The van der Waals surface area contributed by atoms with Crippen molar-refractivity contribution in [2.45, 2.75) is 18.0 Å². The second kappa shape index (κ2) is 8.95. The molecule has 176 valence electrons. The zero-order chi connectivity index (χ0) is 24.5. The molecule has 4 aromatic rings. The van der Waals surface area contributed by atoms with Crippen molar-refractivity contribution in [1.82, 2.24) is 19.7 Å². The highest BCUT2D eigenvalue weighted by atomic mass is 35.5. The number of hydrogen-bond acceptors (Lipinski definition) is 6. The molecule has 2 aromatic heterocycles. The van der Waals surface area contributed by atoms with Crippen LogP contribution in [0.2, 0.25) is 5.02 Å². The van der Waals surface area contributed by atoms with Crippen molar-refractivity contribution < 1.29 is 21.6 Å². The van der Waals surface area contributed by atoms with Crippen molar-refractivity contribution in [2.75, 3.05) is 10.0 Å². The molecule has 0 aliphatic rings. The van der Waals surface area contributed by atoms with E-state index in [2.05, 4.69) is 25.1 Å². The molecule has 13 heteroatoms. The van der Waals surface area contributed by atoms with Crippen LogP contribution in [0.25, 0.3) is 5.82 Å². The van der Waals surface area contributed by atoms with E-state index in [9.17, 15) is 21.6 Å². The molecule has 34 heavy (non-hydrogen) atoms. The number of aromatic nitrogens is 4. The van der Waals surface area contributed by atoms with Gasteiger partial charge in [-0.2, -0.15) is 18.3 Å². The Bertz CT molecular complexity index is 1430. The van der Waals surface area contributed by atoms with Gasteiger partial charge in [-0.3, -0.25) is 4.72 Å². The second-order valence-corrected chi connectivity index (χ2v) is 9.15. The molecule has 2 heterocycles. The summed E-state index contributed by atoms with van der Waals surface area (Å²) in [6, 6.07) is 11.9. The number of alkyl halides is 3. The highest BCUT2D eigenvalue weighted by Crippen LogP contribution is 2.36. The van der Waals surface area contributed by atoms with Crippen LogP contribution in [0.15, 0.2) is 71.9 Å². The minimum Gasteiger partial charge on any atom is -0.340 e. The summed E-state index contributed by atoms with van der Waals surface area (Å²) in [6.45, 7) is 1.73. The summed E-state index contributed by atoms with van der Waals surface area (Å²) in [6.07, 6.45) is -1.42. The maximum absolute atomic E-state index is 13.1. The average molecular weight is 509 g/mol. The van der Waals surface area contributed by atoms with Crippen LogP contribution in [-0.4, -0.2) is 28.2 Å². The quantitative estimate of drug-likeness (QED) is 0.372. The molecule has 0 aliphatic heterocycles. The molecule has 0 amide bonds.